The SMILES string of the molecule is CCOc1ccc(NC(=O)CN2C(=O)S/C(=C/c3ccc(OCC(=O)Nc4ccc(F)cc4)c(Br)c3)C2=O)cc1. The van der Waals surface area contributed by atoms with E-state index in [0.29, 0.717) is 39.5 Å². The molecule has 2 N–H and O–H groups in total. The number of hydrogen-bond acceptors (Lipinski definition) is 7. The van der Waals surface area contributed by atoms with Crippen LogP contribution in [0, 0.1) is 5.82 Å². The van der Waals surface area contributed by atoms with E-state index in [4.69, 9.17) is 9.47 Å². The number of amides is 4. The highest BCUT2D eigenvalue weighted by Crippen LogP contribution is 2.34. The fourth-order valence-electron chi connectivity index (χ4n) is 3.53. The third kappa shape index (κ3) is 7.70. The molecule has 0 spiro atoms. The molecule has 12 heteroatoms. The van der Waals surface area contributed by atoms with Gasteiger partial charge in [0.15, 0.2) is 6.61 Å². The molecule has 9 nitrogen and oxygen atoms in total. The summed E-state index contributed by atoms with van der Waals surface area (Å²) in [5.41, 5.74) is 1.54. The van der Waals surface area contributed by atoms with Crippen molar-refractivity contribution in [2.24, 2.45) is 0 Å². The van der Waals surface area contributed by atoms with Crippen molar-refractivity contribution in [2.75, 3.05) is 30.4 Å². The van der Waals surface area contributed by atoms with E-state index in [2.05, 4.69) is 26.6 Å². The summed E-state index contributed by atoms with van der Waals surface area (Å²) in [5, 5.41) is 4.71. The molecule has 1 fully saturated rings. The van der Waals surface area contributed by atoms with Crippen LogP contribution in [0.3, 0.4) is 0 Å². The van der Waals surface area contributed by atoms with Crippen LogP contribution in [-0.4, -0.2) is 47.6 Å². The van der Waals surface area contributed by atoms with Crippen molar-refractivity contribution in [1.29, 1.82) is 0 Å². The Labute approximate surface area is 241 Å². The third-order valence-electron chi connectivity index (χ3n) is 5.36. The summed E-state index contributed by atoms with van der Waals surface area (Å²) in [6.07, 6.45) is 1.53. The van der Waals surface area contributed by atoms with Crippen LogP contribution in [-0.2, 0) is 14.4 Å². The predicted molar refractivity (Wildman–Crippen MR) is 154 cm³/mol. The van der Waals surface area contributed by atoms with Crippen molar-refractivity contribution < 1.29 is 33.0 Å². The lowest BCUT2D eigenvalue weighted by molar-refractivity contribution is -0.127. The zero-order valence-electron chi connectivity index (χ0n) is 21.1. The van der Waals surface area contributed by atoms with Gasteiger partial charge in [-0.15, -0.1) is 0 Å². The van der Waals surface area contributed by atoms with Gasteiger partial charge < -0.3 is 20.1 Å². The Balaban J connectivity index is 1.32. The largest absolute Gasteiger partial charge is 0.494 e. The number of nitrogens with zero attached hydrogens (tertiary/aromatic N) is 1. The average Bonchev–Trinajstić information content (AvgIpc) is 3.18. The summed E-state index contributed by atoms with van der Waals surface area (Å²) >= 11 is 4.12. The Morgan fingerprint density at radius 3 is 2.25 bits per heavy atom. The Kier molecular flexibility index (Phi) is 9.56. The molecule has 4 rings (SSSR count). The van der Waals surface area contributed by atoms with Gasteiger partial charge in [0.2, 0.25) is 5.91 Å². The molecule has 4 amide bonds. The summed E-state index contributed by atoms with van der Waals surface area (Å²) in [4.78, 5) is 50.9. The van der Waals surface area contributed by atoms with Crippen LogP contribution in [0.4, 0.5) is 20.6 Å². The third-order valence-corrected chi connectivity index (χ3v) is 6.89. The Hall–Kier alpha value is -4.16. The molecule has 1 saturated heterocycles. The Morgan fingerprint density at radius 1 is 0.950 bits per heavy atom. The number of benzene rings is 3. The van der Waals surface area contributed by atoms with Gasteiger partial charge in [-0.3, -0.25) is 24.1 Å². The van der Waals surface area contributed by atoms with Crippen molar-refractivity contribution >= 4 is 68.1 Å². The number of thioether (sulfide) groups is 1. The van der Waals surface area contributed by atoms with E-state index in [-0.39, 0.29) is 11.5 Å². The lowest BCUT2D eigenvalue weighted by atomic mass is 10.2. The number of carbonyl (C=O) groups excluding carboxylic acids is 4. The zero-order chi connectivity index (χ0) is 28.6. The maximum atomic E-state index is 13.0. The molecule has 3 aromatic rings. The summed E-state index contributed by atoms with van der Waals surface area (Å²) in [5.74, 6) is -0.886. The van der Waals surface area contributed by atoms with Crippen LogP contribution >= 0.6 is 27.7 Å². The van der Waals surface area contributed by atoms with E-state index in [1.54, 1.807) is 42.5 Å². The van der Waals surface area contributed by atoms with Gasteiger partial charge >= 0.3 is 0 Å². The van der Waals surface area contributed by atoms with E-state index in [1.165, 1.54) is 30.3 Å². The van der Waals surface area contributed by atoms with E-state index in [1.807, 2.05) is 6.92 Å². The standard InChI is InChI=1S/C28H23BrFN3O6S/c1-2-38-21-10-8-20(9-11-21)31-25(34)15-33-27(36)24(40-28(33)37)14-17-3-12-23(22(29)13-17)39-16-26(35)32-19-6-4-18(30)5-7-19/h3-14H,2,15-16H2,1H3,(H,31,34)(H,32,35)/b24-14+. The molecule has 0 aromatic heterocycles. The topological polar surface area (TPSA) is 114 Å². The maximum absolute atomic E-state index is 13.0. The molecular formula is C28H23BrFN3O6S. The number of hydrogen-bond donors (Lipinski definition) is 2. The highest BCUT2D eigenvalue weighted by molar-refractivity contribution is 9.10. The van der Waals surface area contributed by atoms with Crippen molar-refractivity contribution in [2.45, 2.75) is 6.92 Å². The van der Waals surface area contributed by atoms with Crippen molar-refractivity contribution in [1.82, 2.24) is 4.90 Å². The molecular weight excluding hydrogens is 605 g/mol. The van der Waals surface area contributed by atoms with Gasteiger partial charge in [-0.2, -0.15) is 0 Å². The molecule has 0 unspecified atom stereocenters. The van der Waals surface area contributed by atoms with Crippen molar-refractivity contribution in [3.05, 3.63) is 87.5 Å². The summed E-state index contributed by atoms with van der Waals surface area (Å²) < 4.78 is 24.4. The quantitative estimate of drug-likeness (QED) is 0.278. The number of carbonyl (C=O) groups is 4. The smallest absolute Gasteiger partial charge is 0.294 e. The first kappa shape index (κ1) is 28.8. The van der Waals surface area contributed by atoms with Crippen LogP contribution < -0.4 is 20.1 Å². The minimum absolute atomic E-state index is 0.165. The summed E-state index contributed by atoms with van der Waals surface area (Å²) in [7, 11) is 0. The lowest BCUT2D eigenvalue weighted by Crippen LogP contribution is -2.36. The molecule has 0 aliphatic carbocycles. The van der Waals surface area contributed by atoms with Crippen LogP contribution in [0.25, 0.3) is 6.08 Å². The molecule has 0 radical (unpaired) electrons. The minimum Gasteiger partial charge on any atom is -0.494 e. The number of rotatable bonds is 10. The molecule has 40 heavy (non-hydrogen) atoms. The molecule has 1 aliphatic rings. The molecule has 0 bridgehead atoms. The number of anilines is 2. The fourth-order valence-corrected chi connectivity index (χ4v) is 4.88. The average molecular weight is 628 g/mol. The first-order chi connectivity index (χ1) is 19.2. The Bertz CT molecular complexity index is 1460. The highest BCUT2D eigenvalue weighted by Gasteiger charge is 2.36. The van der Waals surface area contributed by atoms with E-state index < -0.39 is 35.3 Å². The van der Waals surface area contributed by atoms with Gasteiger partial charge in [-0.25, -0.2) is 4.39 Å². The normalized spacial score (nSPS) is 13.9. The second kappa shape index (κ2) is 13.3. The zero-order valence-corrected chi connectivity index (χ0v) is 23.5. The molecule has 3 aromatic carbocycles. The van der Waals surface area contributed by atoms with Crippen LogP contribution in [0.5, 0.6) is 11.5 Å². The molecule has 0 atom stereocenters. The van der Waals surface area contributed by atoms with E-state index in [0.717, 1.165) is 16.7 Å². The molecule has 1 aliphatic heterocycles. The molecule has 1 heterocycles. The monoisotopic (exact) mass is 627 g/mol. The van der Waals surface area contributed by atoms with Crippen LogP contribution in [0.1, 0.15) is 12.5 Å². The summed E-state index contributed by atoms with van der Waals surface area (Å²) in [6.45, 7) is 1.68. The first-order valence-electron chi connectivity index (χ1n) is 12.0. The van der Waals surface area contributed by atoms with E-state index in [9.17, 15) is 23.6 Å². The summed E-state index contributed by atoms with van der Waals surface area (Å²) in [6, 6.07) is 17.0. The van der Waals surface area contributed by atoms with Crippen LogP contribution in [0.2, 0.25) is 0 Å². The number of halogens is 2. The van der Waals surface area contributed by atoms with Gasteiger partial charge in [0.25, 0.3) is 17.1 Å². The number of nitrogens with one attached hydrogen (secondary N) is 2. The highest BCUT2D eigenvalue weighted by atomic mass is 79.9. The van der Waals surface area contributed by atoms with E-state index >= 15 is 0 Å². The van der Waals surface area contributed by atoms with Gasteiger partial charge in [-0.05, 0) is 107 Å². The predicted octanol–water partition coefficient (Wildman–Crippen LogP) is 5.68. The van der Waals surface area contributed by atoms with Gasteiger partial charge in [0.05, 0.1) is 16.0 Å². The second-order valence-corrected chi connectivity index (χ2v) is 10.2. The second-order valence-electron chi connectivity index (χ2n) is 8.31. The number of ether oxygens (including phenoxy) is 2. The van der Waals surface area contributed by atoms with Crippen LogP contribution in [0.15, 0.2) is 76.1 Å². The Morgan fingerprint density at radius 2 is 1.60 bits per heavy atom. The van der Waals surface area contributed by atoms with Gasteiger partial charge in [-0.1, -0.05) is 6.07 Å². The fraction of sp³-hybridized carbons (Fsp3) is 0.143. The maximum Gasteiger partial charge on any atom is 0.294 e. The molecule has 0 saturated carbocycles. The van der Waals surface area contributed by atoms with Gasteiger partial charge in [0.1, 0.15) is 23.9 Å². The molecule has 206 valence electrons. The minimum atomic E-state index is -0.578. The lowest BCUT2D eigenvalue weighted by Gasteiger charge is -2.13. The van der Waals surface area contributed by atoms with Crippen molar-refractivity contribution in [3.8, 4) is 11.5 Å². The van der Waals surface area contributed by atoms with Gasteiger partial charge in [0, 0.05) is 11.4 Å². The number of imide groups is 1. The van der Waals surface area contributed by atoms with Crippen molar-refractivity contribution in [3.63, 3.8) is 0 Å². The first-order valence-corrected chi connectivity index (χ1v) is 13.6.